The van der Waals surface area contributed by atoms with Gasteiger partial charge in [-0.05, 0) is 20.9 Å². The molecule has 0 bridgehead atoms. The molecule has 7 nitrogen and oxygen atoms in total. The molecule has 0 aliphatic carbocycles. The number of aromatic nitrogens is 2. The van der Waals surface area contributed by atoms with Gasteiger partial charge in [0.15, 0.2) is 15.7 Å². The van der Waals surface area contributed by atoms with Crippen LogP contribution in [0.2, 0.25) is 0 Å². The molecule has 0 amide bonds. The van der Waals surface area contributed by atoms with Crippen LogP contribution in [0, 0.1) is 18.6 Å². The second kappa shape index (κ2) is 5.71. The van der Waals surface area contributed by atoms with E-state index in [1.165, 1.54) is 14.0 Å². The van der Waals surface area contributed by atoms with Gasteiger partial charge in [0.05, 0.1) is 22.7 Å². The van der Waals surface area contributed by atoms with Crippen molar-refractivity contribution >= 4 is 26.6 Å². The molecular formula is C17H20F2N4O3S. The van der Waals surface area contributed by atoms with Crippen molar-refractivity contribution in [1.82, 2.24) is 14.5 Å². The molecule has 0 N–H and O–H groups in total. The second-order valence-corrected chi connectivity index (χ2v) is 9.47. The van der Waals surface area contributed by atoms with E-state index < -0.39 is 43.7 Å². The zero-order chi connectivity index (χ0) is 19.8. The summed E-state index contributed by atoms with van der Waals surface area (Å²) in [5.41, 5.74) is -1.36. The fraction of sp³-hybridized carbons (Fsp3) is 0.529. The van der Waals surface area contributed by atoms with E-state index in [0.717, 1.165) is 4.57 Å². The van der Waals surface area contributed by atoms with Crippen LogP contribution < -0.4 is 10.6 Å². The van der Waals surface area contributed by atoms with E-state index in [9.17, 15) is 17.6 Å². The summed E-state index contributed by atoms with van der Waals surface area (Å²) in [6, 6.07) is -0.688. The Labute approximate surface area is 155 Å². The van der Waals surface area contributed by atoms with E-state index in [-0.39, 0.29) is 28.5 Å². The molecule has 10 heteroatoms. The summed E-state index contributed by atoms with van der Waals surface area (Å²) in [6.07, 6.45) is 0. The highest BCUT2D eigenvalue weighted by Crippen LogP contribution is 2.41. The first-order valence-corrected chi connectivity index (χ1v) is 10.3. The third kappa shape index (κ3) is 2.42. The van der Waals surface area contributed by atoms with Crippen LogP contribution in [0.1, 0.15) is 12.5 Å². The Morgan fingerprint density at radius 1 is 1.15 bits per heavy atom. The average molecular weight is 398 g/mol. The molecule has 0 radical (unpaired) electrons. The second-order valence-electron chi connectivity index (χ2n) is 7.50. The van der Waals surface area contributed by atoms with Gasteiger partial charge >= 0.3 is 5.69 Å². The number of halogens is 2. The molecule has 2 unspecified atom stereocenters. The molecular weight excluding hydrogens is 378 g/mol. The highest BCUT2D eigenvalue weighted by atomic mass is 32.2. The molecule has 4 rings (SSSR count). The van der Waals surface area contributed by atoms with Crippen LogP contribution in [-0.4, -0.2) is 60.8 Å². The maximum absolute atomic E-state index is 15.0. The number of hydrogen-bond acceptors (Lipinski definition) is 6. The molecule has 146 valence electrons. The Morgan fingerprint density at radius 2 is 1.81 bits per heavy atom. The first kappa shape index (κ1) is 18.3. The summed E-state index contributed by atoms with van der Waals surface area (Å²) < 4.78 is 57.1. The molecule has 2 aliphatic rings. The van der Waals surface area contributed by atoms with Gasteiger partial charge < -0.3 is 9.80 Å². The topological polar surface area (TPSA) is 75.5 Å². The van der Waals surface area contributed by atoms with Crippen molar-refractivity contribution < 1.29 is 17.2 Å². The van der Waals surface area contributed by atoms with Crippen molar-refractivity contribution in [3.8, 4) is 0 Å². The van der Waals surface area contributed by atoms with Gasteiger partial charge in [0.25, 0.3) is 0 Å². The summed E-state index contributed by atoms with van der Waals surface area (Å²) in [4.78, 5) is 19.6. The van der Waals surface area contributed by atoms with Crippen LogP contribution in [0.3, 0.4) is 0 Å². The lowest BCUT2D eigenvalue weighted by atomic mass is 10.1. The first-order valence-electron chi connectivity index (χ1n) is 8.62. The minimum absolute atomic E-state index is 0.0487. The van der Waals surface area contributed by atoms with Crippen molar-refractivity contribution in [3.63, 3.8) is 0 Å². The lowest BCUT2D eigenvalue weighted by Crippen LogP contribution is -2.59. The number of benzene rings is 1. The number of nitrogens with zero attached hydrogens (tertiary/aromatic N) is 4. The van der Waals surface area contributed by atoms with Crippen LogP contribution in [0.4, 0.5) is 14.6 Å². The van der Waals surface area contributed by atoms with Gasteiger partial charge in [0.2, 0.25) is 0 Å². The molecule has 1 aromatic heterocycles. The normalized spacial score (nSPS) is 24.7. The molecule has 1 saturated heterocycles. The lowest BCUT2D eigenvalue weighted by molar-refractivity contribution is 0.240. The molecule has 1 fully saturated rings. The number of aryl methyl sites for hydroxylation is 1. The molecule has 0 saturated carbocycles. The number of piperazine rings is 1. The van der Waals surface area contributed by atoms with Gasteiger partial charge in [-0.1, -0.05) is 0 Å². The van der Waals surface area contributed by atoms with Crippen molar-refractivity contribution in [3.05, 3.63) is 27.7 Å². The minimum Gasteiger partial charge on any atom is -0.347 e. The Balaban J connectivity index is 2.25. The molecule has 2 atom stereocenters. The lowest BCUT2D eigenvalue weighted by Gasteiger charge is -2.44. The van der Waals surface area contributed by atoms with E-state index >= 15 is 4.39 Å². The minimum atomic E-state index is -4.07. The zero-order valence-corrected chi connectivity index (χ0v) is 16.3. The van der Waals surface area contributed by atoms with Gasteiger partial charge in [-0.2, -0.15) is 4.98 Å². The van der Waals surface area contributed by atoms with Crippen molar-refractivity contribution in [2.75, 3.05) is 30.8 Å². The molecule has 2 aromatic rings. The van der Waals surface area contributed by atoms with Crippen molar-refractivity contribution in [1.29, 1.82) is 0 Å². The van der Waals surface area contributed by atoms with Gasteiger partial charge in [0, 0.05) is 31.7 Å². The van der Waals surface area contributed by atoms with Crippen LogP contribution in [-0.2, 0) is 16.9 Å². The predicted octanol–water partition coefficient (Wildman–Crippen LogP) is 0.816. The first-order chi connectivity index (χ1) is 12.5. The molecule has 3 heterocycles. The summed E-state index contributed by atoms with van der Waals surface area (Å²) >= 11 is 0. The average Bonchev–Trinajstić information content (AvgIpc) is 2.64. The summed E-state index contributed by atoms with van der Waals surface area (Å²) in [7, 11) is -0.889. The Hall–Kier alpha value is -2.07. The van der Waals surface area contributed by atoms with Gasteiger partial charge in [-0.3, -0.25) is 4.57 Å². The maximum atomic E-state index is 15.0. The fourth-order valence-electron chi connectivity index (χ4n) is 4.36. The monoisotopic (exact) mass is 398 g/mol. The third-order valence-corrected chi connectivity index (χ3v) is 7.34. The molecule has 0 spiro atoms. The van der Waals surface area contributed by atoms with E-state index in [1.807, 2.05) is 18.9 Å². The summed E-state index contributed by atoms with van der Waals surface area (Å²) in [6.45, 7) is 4.08. The van der Waals surface area contributed by atoms with Crippen molar-refractivity contribution in [2.45, 2.75) is 30.8 Å². The largest absolute Gasteiger partial charge is 0.349 e. The Kier molecular flexibility index (Phi) is 3.87. The SMILES string of the molecule is Cc1c(F)c2c3c(nc(=O)n(C)c3c1F)N1C(C)CN(C)CC1CS2(=O)=O. The van der Waals surface area contributed by atoms with Crippen LogP contribution in [0.5, 0.6) is 0 Å². The predicted molar refractivity (Wildman–Crippen MR) is 96.9 cm³/mol. The number of anilines is 1. The number of likely N-dealkylation sites (N-methyl/N-ethyl adjacent to an activating group) is 1. The van der Waals surface area contributed by atoms with E-state index in [2.05, 4.69) is 4.98 Å². The molecule has 27 heavy (non-hydrogen) atoms. The van der Waals surface area contributed by atoms with Crippen LogP contribution in [0.25, 0.3) is 10.9 Å². The summed E-state index contributed by atoms with van der Waals surface area (Å²) in [5.74, 6) is -2.33. The Morgan fingerprint density at radius 3 is 2.48 bits per heavy atom. The highest BCUT2D eigenvalue weighted by Gasteiger charge is 2.43. The van der Waals surface area contributed by atoms with Crippen molar-refractivity contribution in [2.24, 2.45) is 7.05 Å². The number of hydrogen-bond donors (Lipinski definition) is 0. The zero-order valence-electron chi connectivity index (χ0n) is 15.5. The standard InChI is InChI=1S/C17H20F2N4O3S/c1-8-5-21(3)6-10-7-27(25,26)15-11-14(12(18)9(2)13(15)19)22(4)17(24)20-16(11)23(8)10/h8,10H,5-7H2,1-4H3. The summed E-state index contributed by atoms with van der Waals surface area (Å²) in [5, 5.41) is -0.142. The fourth-order valence-corrected chi connectivity index (χ4v) is 6.23. The Bertz CT molecular complexity index is 1150. The highest BCUT2D eigenvalue weighted by molar-refractivity contribution is 7.91. The maximum Gasteiger partial charge on any atom is 0.349 e. The molecule has 2 aliphatic heterocycles. The van der Waals surface area contributed by atoms with Gasteiger partial charge in [-0.15, -0.1) is 0 Å². The number of fused-ring (bicyclic) bond motifs is 2. The smallest absolute Gasteiger partial charge is 0.347 e. The molecule has 1 aromatic carbocycles. The number of rotatable bonds is 0. The van der Waals surface area contributed by atoms with Gasteiger partial charge in [0.1, 0.15) is 16.5 Å². The van der Waals surface area contributed by atoms with E-state index in [0.29, 0.717) is 13.1 Å². The third-order valence-electron chi connectivity index (χ3n) is 5.51. The number of sulfone groups is 1. The van der Waals surface area contributed by atoms with Gasteiger partial charge in [-0.25, -0.2) is 22.0 Å². The van der Waals surface area contributed by atoms with E-state index in [4.69, 9.17) is 0 Å². The van der Waals surface area contributed by atoms with E-state index in [1.54, 1.807) is 4.90 Å². The van der Waals surface area contributed by atoms with Crippen LogP contribution in [0.15, 0.2) is 9.69 Å². The van der Waals surface area contributed by atoms with Crippen LogP contribution >= 0.6 is 0 Å². The quantitative estimate of drug-likeness (QED) is 0.612.